The van der Waals surface area contributed by atoms with E-state index in [-0.39, 0.29) is 0 Å². The second-order valence-corrected chi connectivity index (χ2v) is 5.61. The fraction of sp³-hybridized carbons (Fsp3) is 0.385. The third-order valence-corrected chi connectivity index (χ3v) is 3.60. The summed E-state index contributed by atoms with van der Waals surface area (Å²) in [5.41, 5.74) is 1.95. The van der Waals surface area contributed by atoms with Crippen LogP contribution in [0.3, 0.4) is 0 Å². The molecule has 0 saturated heterocycles. The van der Waals surface area contributed by atoms with Gasteiger partial charge in [0.1, 0.15) is 0 Å². The van der Waals surface area contributed by atoms with E-state index in [9.17, 15) is 0 Å². The van der Waals surface area contributed by atoms with E-state index in [1.165, 1.54) is 5.56 Å². The first-order chi connectivity index (χ1) is 8.09. The van der Waals surface area contributed by atoms with Crippen molar-refractivity contribution in [2.24, 2.45) is 0 Å². The van der Waals surface area contributed by atoms with E-state index in [4.69, 9.17) is 16.0 Å². The van der Waals surface area contributed by atoms with Gasteiger partial charge < -0.3 is 9.73 Å². The molecule has 0 spiro atoms. The average molecular weight is 317 g/mol. The molecule has 92 valence electrons. The first-order valence-corrected chi connectivity index (χ1v) is 6.84. The predicted octanol–water partition coefficient (Wildman–Crippen LogP) is 4.39. The largest absolute Gasteiger partial charge is 0.462 e. The van der Waals surface area contributed by atoms with Crippen LogP contribution in [0.15, 0.2) is 27.3 Å². The smallest absolute Gasteiger partial charge is 0.153 e. The van der Waals surface area contributed by atoms with Crippen molar-refractivity contribution >= 4 is 38.5 Å². The Morgan fingerprint density at radius 3 is 2.88 bits per heavy atom. The molecule has 0 aliphatic rings. The lowest BCUT2D eigenvalue weighted by atomic mass is 10.1. The van der Waals surface area contributed by atoms with Gasteiger partial charge in [0.15, 0.2) is 5.58 Å². The van der Waals surface area contributed by atoms with Crippen molar-refractivity contribution in [3.8, 4) is 0 Å². The standard InChI is InChI=1S/C13H15BrClNO/c1-8(2)16-6-5-9-7-17-13-11(15)4-3-10(14)12(9)13/h3-4,7-8,16H,5-6H2,1-2H3. The van der Waals surface area contributed by atoms with Crippen LogP contribution in [-0.2, 0) is 6.42 Å². The van der Waals surface area contributed by atoms with Crippen LogP contribution >= 0.6 is 27.5 Å². The van der Waals surface area contributed by atoms with Crippen LogP contribution in [0.5, 0.6) is 0 Å². The Hall–Kier alpha value is -0.510. The number of hydrogen-bond acceptors (Lipinski definition) is 2. The number of rotatable bonds is 4. The molecule has 2 nitrogen and oxygen atoms in total. The van der Waals surface area contributed by atoms with E-state index in [0.29, 0.717) is 11.1 Å². The van der Waals surface area contributed by atoms with Gasteiger partial charge in [-0.3, -0.25) is 0 Å². The van der Waals surface area contributed by atoms with E-state index in [1.807, 2.05) is 12.1 Å². The fourth-order valence-corrected chi connectivity index (χ4v) is 2.58. The second-order valence-electron chi connectivity index (χ2n) is 4.35. The molecule has 0 aliphatic carbocycles. The highest BCUT2D eigenvalue weighted by molar-refractivity contribution is 9.10. The average Bonchev–Trinajstić information content (AvgIpc) is 2.68. The van der Waals surface area contributed by atoms with E-state index in [2.05, 4.69) is 35.1 Å². The lowest BCUT2D eigenvalue weighted by Crippen LogP contribution is -2.24. The highest BCUT2D eigenvalue weighted by atomic mass is 79.9. The highest BCUT2D eigenvalue weighted by Crippen LogP contribution is 2.34. The van der Waals surface area contributed by atoms with E-state index in [1.54, 1.807) is 6.26 Å². The van der Waals surface area contributed by atoms with Crippen LogP contribution in [0.25, 0.3) is 11.0 Å². The van der Waals surface area contributed by atoms with Crippen LogP contribution in [0.2, 0.25) is 5.02 Å². The molecule has 1 aromatic carbocycles. The first kappa shape index (κ1) is 12.9. The summed E-state index contributed by atoms with van der Waals surface area (Å²) in [4.78, 5) is 0. The number of furan rings is 1. The van der Waals surface area contributed by atoms with E-state index in [0.717, 1.165) is 28.4 Å². The zero-order valence-corrected chi connectivity index (χ0v) is 12.2. The molecule has 0 aliphatic heterocycles. The lowest BCUT2D eigenvalue weighted by Gasteiger charge is -2.07. The summed E-state index contributed by atoms with van der Waals surface area (Å²) in [6, 6.07) is 4.30. The summed E-state index contributed by atoms with van der Waals surface area (Å²) in [6.45, 7) is 5.21. The first-order valence-electron chi connectivity index (χ1n) is 5.67. The van der Waals surface area contributed by atoms with Gasteiger partial charge in [-0.15, -0.1) is 0 Å². The molecular weight excluding hydrogens is 302 g/mol. The lowest BCUT2D eigenvalue weighted by molar-refractivity contribution is 0.580. The summed E-state index contributed by atoms with van der Waals surface area (Å²) in [6.07, 6.45) is 2.73. The van der Waals surface area contributed by atoms with Crippen molar-refractivity contribution in [3.05, 3.63) is 33.5 Å². The van der Waals surface area contributed by atoms with Crippen LogP contribution in [0, 0.1) is 0 Å². The monoisotopic (exact) mass is 315 g/mol. The van der Waals surface area contributed by atoms with E-state index < -0.39 is 0 Å². The summed E-state index contributed by atoms with van der Waals surface area (Å²) in [5, 5.41) is 5.14. The van der Waals surface area contributed by atoms with Gasteiger partial charge in [-0.25, -0.2) is 0 Å². The second kappa shape index (κ2) is 5.42. The van der Waals surface area contributed by atoms with Crippen molar-refractivity contribution in [1.82, 2.24) is 5.32 Å². The molecule has 1 aromatic heterocycles. The Morgan fingerprint density at radius 1 is 1.41 bits per heavy atom. The molecule has 4 heteroatoms. The maximum atomic E-state index is 6.10. The Morgan fingerprint density at radius 2 is 2.18 bits per heavy atom. The zero-order chi connectivity index (χ0) is 12.4. The molecule has 2 rings (SSSR count). The molecule has 17 heavy (non-hydrogen) atoms. The highest BCUT2D eigenvalue weighted by Gasteiger charge is 2.12. The van der Waals surface area contributed by atoms with Crippen LogP contribution in [-0.4, -0.2) is 12.6 Å². The number of halogens is 2. The van der Waals surface area contributed by atoms with Gasteiger partial charge in [-0.05, 0) is 25.1 Å². The van der Waals surface area contributed by atoms with Gasteiger partial charge in [0, 0.05) is 21.5 Å². The van der Waals surface area contributed by atoms with Gasteiger partial charge in [0.2, 0.25) is 0 Å². The molecule has 0 saturated carbocycles. The van der Waals surface area contributed by atoms with Crippen molar-refractivity contribution in [3.63, 3.8) is 0 Å². The molecule has 0 amide bonds. The van der Waals surface area contributed by atoms with Gasteiger partial charge in [0.25, 0.3) is 0 Å². The van der Waals surface area contributed by atoms with Gasteiger partial charge in [-0.1, -0.05) is 41.4 Å². The maximum Gasteiger partial charge on any atom is 0.153 e. The van der Waals surface area contributed by atoms with Crippen molar-refractivity contribution < 1.29 is 4.42 Å². The topological polar surface area (TPSA) is 25.2 Å². The van der Waals surface area contributed by atoms with Crippen molar-refractivity contribution in [1.29, 1.82) is 0 Å². The molecule has 0 unspecified atom stereocenters. The molecule has 0 bridgehead atoms. The summed E-state index contributed by atoms with van der Waals surface area (Å²) in [5.74, 6) is 0. The molecule has 1 N–H and O–H groups in total. The normalized spacial score (nSPS) is 11.6. The molecule has 0 atom stereocenters. The Labute approximate surface area is 114 Å². The zero-order valence-electron chi connectivity index (χ0n) is 9.89. The Kier molecular flexibility index (Phi) is 4.13. The number of benzene rings is 1. The third kappa shape index (κ3) is 2.84. The molecule has 0 radical (unpaired) electrons. The molecule has 0 fully saturated rings. The quantitative estimate of drug-likeness (QED) is 0.905. The van der Waals surface area contributed by atoms with Crippen LogP contribution in [0.1, 0.15) is 19.4 Å². The number of nitrogens with one attached hydrogen (secondary N) is 1. The Bertz CT molecular complexity index is 521. The minimum Gasteiger partial charge on any atom is -0.462 e. The molecule has 1 heterocycles. The SMILES string of the molecule is CC(C)NCCc1coc2c(Cl)ccc(Br)c12. The minimum absolute atomic E-state index is 0.500. The number of hydrogen-bond donors (Lipinski definition) is 1. The summed E-state index contributed by atoms with van der Waals surface area (Å²) < 4.78 is 6.56. The molecular formula is C13H15BrClNO. The summed E-state index contributed by atoms with van der Waals surface area (Å²) in [7, 11) is 0. The van der Waals surface area contributed by atoms with Crippen LogP contribution in [0.4, 0.5) is 0 Å². The minimum atomic E-state index is 0.500. The number of fused-ring (bicyclic) bond motifs is 1. The van der Waals surface area contributed by atoms with Gasteiger partial charge in [-0.2, -0.15) is 0 Å². The summed E-state index contributed by atoms with van der Waals surface area (Å²) >= 11 is 9.64. The van der Waals surface area contributed by atoms with Gasteiger partial charge >= 0.3 is 0 Å². The fourth-order valence-electron chi connectivity index (χ4n) is 1.82. The van der Waals surface area contributed by atoms with Gasteiger partial charge in [0.05, 0.1) is 11.3 Å². The van der Waals surface area contributed by atoms with Crippen molar-refractivity contribution in [2.45, 2.75) is 26.3 Å². The van der Waals surface area contributed by atoms with E-state index >= 15 is 0 Å². The third-order valence-electron chi connectivity index (χ3n) is 2.65. The Balaban J connectivity index is 2.26. The predicted molar refractivity (Wildman–Crippen MR) is 75.8 cm³/mol. The maximum absolute atomic E-state index is 6.10. The van der Waals surface area contributed by atoms with Crippen LogP contribution < -0.4 is 5.32 Å². The molecule has 2 aromatic rings. The van der Waals surface area contributed by atoms with Crippen molar-refractivity contribution in [2.75, 3.05) is 6.54 Å².